The molecule has 0 spiro atoms. The van der Waals surface area contributed by atoms with E-state index < -0.39 is 0 Å². The predicted molar refractivity (Wildman–Crippen MR) is 69.0 cm³/mol. The summed E-state index contributed by atoms with van der Waals surface area (Å²) in [5.74, 6) is 0.188. The molecule has 1 saturated heterocycles. The van der Waals surface area contributed by atoms with Gasteiger partial charge in [0, 0.05) is 26.2 Å². The van der Waals surface area contributed by atoms with Gasteiger partial charge < -0.3 is 15.0 Å². The van der Waals surface area contributed by atoms with Gasteiger partial charge in [-0.25, -0.2) is 0 Å². The maximum atomic E-state index is 12.0. The van der Waals surface area contributed by atoms with E-state index >= 15 is 0 Å². The third-order valence-electron chi connectivity index (χ3n) is 3.72. The summed E-state index contributed by atoms with van der Waals surface area (Å²) >= 11 is 0. The second kappa shape index (κ2) is 6.36. The van der Waals surface area contributed by atoms with E-state index in [9.17, 15) is 4.79 Å². The molecular formula is C13H26N2O2. The van der Waals surface area contributed by atoms with Gasteiger partial charge in [0.25, 0.3) is 0 Å². The molecule has 4 nitrogen and oxygen atoms in total. The monoisotopic (exact) mass is 242 g/mol. The Hall–Kier alpha value is -0.610. The van der Waals surface area contributed by atoms with Crippen LogP contribution in [-0.2, 0) is 9.53 Å². The van der Waals surface area contributed by atoms with Gasteiger partial charge in [-0.15, -0.1) is 0 Å². The van der Waals surface area contributed by atoms with Gasteiger partial charge in [0.1, 0.15) is 0 Å². The molecule has 0 saturated carbocycles. The van der Waals surface area contributed by atoms with Crippen molar-refractivity contribution in [3.05, 3.63) is 0 Å². The quantitative estimate of drug-likeness (QED) is 0.792. The van der Waals surface area contributed by atoms with Crippen LogP contribution in [0.1, 0.15) is 40.0 Å². The molecule has 1 amide bonds. The SMILES string of the molecule is CCC(C)NCC(=O)N1CCCC(C)(OC)C1. The Morgan fingerprint density at radius 2 is 2.29 bits per heavy atom. The Morgan fingerprint density at radius 1 is 1.59 bits per heavy atom. The number of ether oxygens (including phenoxy) is 1. The van der Waals surface area contributed by atoms with E-state index in [1.165, 1.54) is 0 Å². The molecule has 0 aromatic carbocycles. The van der Waals surface area contributed by atoms with Crippen molar-refractivity contribution in [1.29, 1.82) is 0 Å². The fraction of sp³-hybridized carbons (Fsp3) is 0.923. The molecule has 2 unspecified atom stereocenters. The highest BCUT2D eigenvalue weighted by atomic mass is 16.5. The number of hydrogen-bond acceptors (Lipinski definition) is 3. The fourth-order valence-electron chi connectivity index (χ4n) is 2.10. The molecule has 0 bridgehead atoms. The lowest BCUT2D eigenvalue weighted by atomic mass is 9.95. The average molecular weight is 242 g/mol. The third-order valence-corrected chi connectivity index (χ3v) is 3.72. The van der Waals surface area contributed by atoms with E-state index in [1.807, 2.05) is 4.90 Å². The smallest absolute Gasteiger partial charge is 0.236 e. The lowest BCUT2D eigenvalue weighted by Gasteiger charge is -2.39. The first-order valence-electron chi connectivity index (χ1n) is 6.57. The van der Waals surface area contributed by atoms with Crippen molar-refractivity contribution in [2.24, 2.45) is 0 Å². The zero-order valence-corrected chi connectivity index (χ0v) is 11.6. The summed E-state index contributed by atoms with van der Waals surface area (Å²) in [6.07, 6.45) is 3.11. The van der Waals surface area contributed by atoms with Gasteiger partial charge in [0.15, 0.2) is 0 Å². The van der Waals surface area contributed by atoms with Gasteiger partial charge in [-0.2, -0.15) is 0 Å². The summed E-state index contributed by atoms with van der Waals surface area (Å²) < 4.78 is 5.49. The van der Waals surface area contributed by atoms with Crippen LogP contribution in [-0.4, -0.2) is 49.2 Å². The van der Waals surface area contributed by atoms with Crippen LogP contribution in [0.15, 0.2) is 0 Å². The van der Waals surface area contributed by atoms with E-state index in [2.05, 4.69) is 26.1 Å². The number of carbonyl (C=O) groups is 1. The third kappa shape index (κ3) is 4.28. The number of rotatable bonds is 5. The molecular weight excluding hydrogens is 216 g/mol. The number of amides is 1. The maximum absolute atomic E-state index is 12.0. The van der Waals surface area contributed by atoms with Crippen LogP contribution in [0.2, 0.25) is 0 Å². The van der Waals surface area contributed by atoms with Crippen molar-refractivity contribution in [2.45, 2.75) is 51.7 Å². The van der Waals surface area contributed by atoms with Crippen LogP contribution in [0.4, 0.5) is 0 Å². The number of nitrogens with one attached hydrogen (secondary N) is 1. The minimum atomic E-state index is -0.162. The van der Waals surface area contributed by atoms with Crippen molar-refractivity contribution >= 4 is 5.91 Å². The number of piperidine rings is 1. The Kier molecular flexibility index (Phi) is 5.40. The molecule has 4 heteroatoms. The summed E-state index contributed by atoms with van der Waals surface area (Å²) in [4.78, 5) is 13.9. The maximum Gasteiger partial charge on any atom is 0.236 e. The van der Waals surface area contributed by atoms with Crippen LogP contribution in [0, 0.1) is 0 Å². The average Bonchev–Trinajstić information content (AvgIpc) is 2.35. The van der Waals surface area contributed by atoms with Gasteiger partial charge in [-0.05, 0) is 33.1 Å². The van der Waals surface area contributed by atoms with Gasteiger partial charge in [-0.3, -0.25) is 4.79 Å². The summed E-state index contributed by atoms with van der Waals surface area (Å²) in [6, 6.07) is 0.401. The largest absolute Gasteiger partial charge is 0.377 e. The summed E-state index contributed by atoms with van der Waals surface area (Å²) in [7, 11) is 1.73. The fourth-order valence-corrected chi connectivity index (χ4v) is 2.10. The molecule has 0 radical (unpaired) electrons. The molecule has 1 rings (SSSR count). The van der Waals surface area contributed by atoms with Crippen molar-refractivity contribution in [3.63, 3.8) is 0 Å². The number of carbonyl (C=O) groups excluding carboxylic acids is 1. The van der Waals surface area contributed by atoms with Crippen molar-refractivity contribution < 1.29 is 9.53 Å². The minimum absolute atomic E-state index is 0.162. The Morgan fingerprint density at radius 3 is 2.88 bits per heavy atom. The molecule has 1 N–H and O–H groups in total. The van der Waals surface area contributed by atoms with E-state index in [0.29, 0.717) is 19.1 Å². The van der Waals surface area contributed by atoms with E-state index in [1.54, 1.807) is 7.11 Å². The number of nitrogens with zero attached hydrogens (tertiary/aromatic N) is 1. The second-order valence-corrected chi connectivity index (χ2v) is 5.26. The first kappa shape index (κ1) is 14.5. The highest BCUT2D eigenvalue weighted by molar-refractivity contribution is 5.78. The molecule has 0 aliphatic carbocycles. The summed E-state index contributed by atoms with van der Waals surface area (Å²) in [5, 5.41) is 3.24. The first-order chi connectivity index (χ1) is 8.00. The molecule has 1 heterocycles. The predicted octanol–water partition coefficient (Wildman–Crippen LogP) is 1.40. The highest BCUT2D eigenvalue weighted by Gasteiger charge is 2.32. The molecule has 1 aliphatic rings. The molecule has 0 aromatic rings. The normalized spacial score (nSPS) is 26.9. The van der Waals surface area contributed by atoms with Gasteiger partial charge in [0.05, 0.1) is 12.1 Å². The highest BCUT2D eigenvalue weighted by Crippen LogP contribution is 2.23. The van der Waals surface area contributed by atoms with Gasteiger partial charge >= 0.3 is 0 Å². The molecule has 1 aliphatic heterocycles. The molecule has 17 heavy (non-hydrogen) atoms. The molecule has 0 aromatic heterocycles. The molecule has 1 fully saturated rings. The molecule has 2 atom stereocenters. The van der Waals surface area contributed by atoms with Gasteiger partial charge in [-0.1, -0.05) is 6.92 Å². The van der Waals surface area contributed by atoms with Crippen LogP contribution >= 0.6 is 0 Å². The number of hydrogen-bond donors (Lipinski definition) is 1. The van der Waals surface area contributed by atoms with E-state index in [-0.39, 0.29) is 11.5 Å². The zero-order valence-electron chi connectivity index (χ0n) is 11.6. The van der Waals surface area contributed by atoms with Gasteiger partial charge in [0.2, 0.25) is 5.91 Å². The lowest BCUT2D eigenvalue weighted by Crippen LogP contribution is -2.52. The Balaban J connectivity index is 2.41. The van der Waals surface area contributed by atoms with Crippen molar-refractivity contribution in [3.8, 4) is 0 Å². The van der Waals surface area contributed by atoms with E-state index in [4.69, 9.17) is 4.74 Å². The Labute approximate surface area is 105 Å². The lowest BCUT2D eigenvalue weighted by molar-refractivity contribution is -0.138. The second-order valence-electron chi connectivity index (χ2n) is 5.26. The topological polar surface area (TPSA) is 41.6 Å². The number of likely N-dealkylation sites (tertiary alicyclic amines) is 1. The standard InChI is InChI=1S/C13H26N2O2/c1-5-11(2)14-9-12(16)15-8-6-7-13(3,10-15)17-4/h11,14H,5-10H2,1-4H3. The van der Waals surface area contributed by atoms with Crippen LogP contribution < -0.4 is 5.32 Å². The Bertz CT molecular complexity index is 258. The van der Waals surface area contributed by atoms with Crippen molar-refractivity contribution in [2.75, 3.05) is 26.7 Å². The van der Waals surface area contributed by atoms with Crippen molar-refractivity contribution in [1.82, 2.24) is 10.2 Å². The summed E-state index contributed by atoms with van der Waals surface area (Å²) in [5.41, 5.74) is -0.162. The van der Waals surface area contributed by atoms with E-state index in [0.717, 1.165) is 25.8 Å². The first-order valence-corrected chi connectivity index (χ1v) is 6.57. The van der Waals surface area contributed by atoms with Crippen LogP contribution in [0.25, 0.3) is 0 Å². The summed E-state index contributed by atoms with van der Waals surface area (Å²) in [6.45, 7) is 8.31. The van der Waals surface area contributed by atoms with Crippen LogP contribution in [0.5, 0.6) is 0 Å². The number of methoxy groups -OCH3 is 1. The van der Waals surface area contributed by atoms with Crippen LogP contribution in [0.3, 0.4) is 0 Å². The zero-order chi connectivity index (χ0) is 12.9. The molecule has 100 valence electrons. The minimum Gasteiger partial charge on any atom is -0.377 e.